The van der Waals surface area contributed by atoms with Gasteiger partial charge in [-0.1, -0.05) is 34.9 Å². The molecule has 1 aromatic rings. The fourth-order valence-corrected chi connectivity index (χ4v) is 3.62. The number of rotatable bonds is 13. The number of hydrogen-bond acceptors (Lipinski definition) is 5. The number of thioether (sulfide) groups is 1. The fraction of sp³-hybridized carbons (Fsp3) is 0.522. The second-order valence-corrected chi connectivity index (χ2v) is 8.60. The van der Waals surface area contributed by atoms with Gasteiger partial charge in [-0.05, 0) is 66.4 Å². The summed E-state index contributed by atoms with van der Waals surface area (Å²) in [4.78, 5) is 19.7. The van der Waals surface area contributed by atoms with Gasteiger partial charge >= 0.3 is 5.97 Å². The van der Waals surface area contributed by atoms with Crippen LogP contribution in [0.15, 0.2) is 47.2 Å². The average Bonchev–Trinajstić information content (AvgIpc) is 2.63. The van der Waals surface area contributed by atoms with Crippen molar-refractivity contribution in [2.75, 3.05) is 16.8 Å². The van der Waals surface area contributed by atoms with E-state index in [-0.39, 0.29) is 0 Å². The molecule has 1 heterocycles. The lowest BCUT2D eigenvalue weighted by atomic mass is 10.1. The van der Waals surface area contributed by atoms with Crippen molar-refractivity contribution in [3.05, 3.63) is 53.0 Å². The lowest BCUT2D eigenvalue weighted by Gasteiger charge is -2.14. The molecule has 0 aliphatic carbocycles. The minimum atomic E-state index is -0.872. The number of hydrogen-bond donors (Lipinski definition) is 2. The molecule has 0 saturated heterocycles. The molecule has 2 N–H and O–H groups in total. The van der Waals surface area contributed by atoms with Gasteiger partial charge in [-0.15, -0.1) is 0 Å². The first-order valence-corrected chi connectivity index (χ1v) is 11.2. The fourth-order valence-electron chi connectivity index (χ4n) is 2.62. The molecule has 6 heteroatoms. The highest BCUT2D eigenvalue weighted by molar-refractivity contribution is 7.99. The second kappa shape index (κ2) is 14.0. The predicted octanol–water partition coefficient (Wildman–Crippen LogP) is 5.80. The number of carbonyl (C=O) groups is 1. The van der Waals surface area contributed by atoms with Crippen molar-refractivity contribution in [2.45, 2.75) is 66.3 Å². The minimum absolute atomic E-state index is 0.478. The van der Waals surface area contributed by atoms with Crippen LogP contribution in [0.25, 0.3) is 0 Å². The molecular weight excluding hydrogens is 382 g/mol. The quantitative estimate of drug-likeness (QED) is 0.312. The lowest BCUT2D eigenvalue weighted by Crippen LogP contribution is -2.32. The van der Waals surface area contributed by atoms with Crippen molar-refractivity contribution < 1.29 is 9.90 Å². The van der Waals surface area contributed by atoms with Gasteiger partial charge in [0.1, 0.15) is 17.7 Å². The predicted molar refractivity (Wildman–Crippen MR) is 125 cm³/mol. The molecule has 0 bridgehead atoms. The Hall–Kier alpha value is -2.08. The zero-order chi connectivity index (χ0) is 21.6. The summed E-state index contributed by atoms with van der Waals surface area (Å²) in [5, 5.41) is 12.4. The van der Waals surface area contributed by atoms with Gasteiger partial charge in [-0.2, -0.15) is 11.8 Å². The zero-order valence-corrected chi connectivity index (χ0v) is 19.2. The molecule has 0 aliphatic heterocycles. The molecule has 1 rings (SSSR count). The number of carboxylic acids is 1. The average molecular weight is 418 g/mol. The first-order chi connectivity index (χ1) is 13.8. The van der Waals surface area contributed by atoms with Crippen molar-refractivity contribution in [1.82, 2.24) is 9.97 Å². The van der Waals surface area contributed by atoms with E-state index < -0.39 is 12.0 Å². The topological polar surface area (TPSA) is 75.1 Å². The molecule has 0 aliphatic rings. The first-order valence-electron chi connectivity index (χ1n) is 10.1. The third-order valence-corrected chi connectivity index (χ3v) is 5.32. The van der Waals surface area contributed by atoms with Crippen LogP contribution in [0.3, 0.4) is 0 Å². The third kappa shape index (κ3) is 12.2. The number of aliphatic carboxylic acids is 1. The highest BCUT2D eigenvalue weighted by atomic mass is 32.2. The summed E-state index contributed by atoms with van der Waals surface area (Å²) in [6, 6.07) is 1.02. The molecule has 0 spiro atoms. The molecule has 1 aromatic heterocycles. The van der Waals surface area contributed by atoms with Crippen molar-refractivity contribution in [1.29, 1.82) is 0 Å². The first kappa shape index (κ1) is 25.0. The summed E-state index contributed by atoms with van der Waals surface area (Å²) in [7, 11) is 0. The van der Waals surface area contributed by atoms with E-state index in [2.05, 4.69) is 61.2 Å². The Morgan fingerprint density at radius 2 is 1.79 bits per heavy atom. The van der Waals surface area contributed by atoms with Gasteiger partial charge in [0.25, 0.3) is 0 Å². The van der Waals surface area contributed by atoms with Crippen molar-refractivity contribution >= 4 is 23.5 Å². The van der Waals surface area contributed by atoms with Gasteiger partial charge in [-0.25, -0.2) is 14.8 Å². The van der Waals surface area contributed by atoms with Crippen LogP contribution < -0.4 is 5.32 Å². The summed E-state index contributed by atoms with van der Waals surface area (Å²) in [6.07, 6.45) is 12.8. The summed E-state index contributed by atoms with van der Waals surface area (Å²) in [5.74, 6) is 1.58. The number of carboxylic acid groups (broad SMARTS) is 1. The summed E-state index contributed by atoms with van der Waals surface area (Å²) in [6.45, 7) is 10.4. The minimum Gasteiger partial charge on any atom is -0.480 e. The molecule has 29 heavy (non-hydrogen) atoms. The Kier molecular flexibility index (Phi) is 12.0. The highest BCUT2D eigenvalue weighted by Crippen LogP contribution is 2.14. The summed E-state index contributed by atoms with van der Waals surface area (Å²) < 4.78 is 0. The SMILES string of the molecule is CC(C)=CCCC(C)=CCCC(C)=CCSCC(Nc1ccnc(C)n1)C(=O)O. The van der Waals surface area contributed by atoms with Crippen LogP contribution in [0.2, 0.25) is 0 Å². The normalized spacial score (nSPS) is 13.1. The molecule has 0 saturated carbocycles. The summed E-state index contributed by atoms with van der Waals surface area (Å²) in [5.41, 5.74) is 4.17. The standard InChI is InChI=1S/C23H35N3O2S/c1-17(2)8-6-9-18(3)10-7-11-19(4)13-15-29-16-21(23(27)28)26-22-12-14-24-20(5)25-22/h8,10,12-14,21H,6-7,9,11,15-16H2,1-5H3,(H,27,28)(H,24,25,26). The highest BCUT2D eigenvalue weighted by Gasteiger charge is 2.17. The van der Waals surface area contributed by atoms with Crippen LogP contribution in [0.5, 0.6) is 0 Å². The largest absolute Gasteiger partial charge is 0.480 e. The number of nitrogens with zero attached hydrogens (tertiary/aromatic N) is 2. The smallest absolute Gasteiger partial charge is 0.327 e. The van der Waals surface area contributed by atoms with Crippen LogP contribution in [0.4, 0.5) is 5.82 Å². The molecule has 1 atom stereocenters. The Labute approximate surface area is 179 Å². The van der Waals surface area contributed by atoms with Gasteiger partial charge in [0.05, 0.1) is 0 Å². The zero-order valence-electron chi connectivity index (χ0n) is 18.4. The molecule has 0 radical (unpaired) electrons. The van der Waals surface area contributed by atoms with E-state index in [0.29, 0.717) is 17.4 Å². The monoisotopic (exact) mass is 417 g/mol. The van der Waals surface area contributed by atoms with E-state index in [1.165, 1.54) is 16.7 Å². The van der Waals surface area contributed by atoms with Crippen LogP contribution >= 0.6 is 11.8 Å². The van der Waals surface area contributed by atoms with E-state index >= 15 is 0 Å². The maximum Gasteiger partial charge on any atom is 0.327 e. The molecule has 0 amide bonds. The molecule has 0 fully saturated rings. The summed E-state index contributed by atoms with van der Waals surface area (Å²) >= 11 is 1.61. The van der Waals surface area contributed by atoms with Gasteiger partial charge in [0.2, 0.25) is 0 Å². The maximum atomic E-state index is 11.5. The molecule has 160 valence electrons. The Balaban J connectivity index is 2.34. The number of aromatic nitrogens is 2. The van der Waals surface area contributed by atoms with Gasteiger partial charge < -0.3 is 10.4 Å². The molecule has 0 aromatic carbocycles. The molecule has 5 nitrogen and oxygen atoms in total. The number of anilines is 1. The van der Waals surface area contributed by atoms with E-state index in [1.54, 1.807) is 30.9 Å². The lowest BCUT2D eigenvalue weighted by molar-refractivity contribution is -0.137. The Morgan fingerprint density at radius 3 is 2.41 bits per heavy atom. The Morgan fingerprint density at radius 1 is 1.14 bits per heavy atom. The van der Waals surface area contributed by atoms with E-state index in [1.807, 2.05) is 0 Å². The maximum absolute atomic E-state index is 11.5. The molecule has 1 unspecified atom stereocenters. The van der Waals surface area contributed by atoms with Gasteiger partial charge in [-0.3, -0.25) is 0 Å². The van der Waals surface area contributed by atoms with Crippen molar-refractivity contribution in [3.8, 4) is 0 Å². The number of nitrogens with one attached hydrogen (secondary N) is 1. The number of aryl methyl sites for hydroxylation is 1. The van der Waals surface area contributed by atoms with E-state index in [0.717, 1.165) is 31.4 Å². The van der Waals surface area contributed by atoms with E-state index in [4.69, 9.17) is 0 Å². The Bertz CT molecular complexity index is 737. The number of allylic oxidation sites excluding steroid dienone is 5. The van der Waals surface area contributed by atoms with Crippen LogP contribution in [0.1, 0.15) is 59.2 Å². The van der Waals surface area contributed by atoms with Crippen molar-refractivity contribution in [3.63, 3.8) is 0 Å². The van der Waals surface area contributed by atoms with Gasteiger partial charge in [0, 0.05) is 17.7 Å². The molecular formula is C23H35N3O2S. The third-order valence-electron chi connectivity index (χ3n) is 4.35. The second-order valence-electron chi connectivity index (χ2n) is 7.52. The van der Waals surface area contributed by atoms with Crippen molar-refractivity contribution in [2.24, 2.45) is 0 Å². The van der Waals surface area contributed by atoms with Gasteiger partial charge in [0.15, 0.2) is 0 Å². The van der Waals surface area contributed by atoms with E-state index in [9.17, 15) is 9.90 Å². The van der Waals surface area contributed by atoms with Crippen LogP contribution in [0, 0.1) is 6.92 Å². The van der Waals surface area contributed by atoms with Crippen LogP contribution in [-0.4, -0.2) is 38.6 Å². The van der Waals surface area contributed by atoms with Crippen LogP contribution in [-0.2, 0) is 4.79 Å².